The molecule has 0 aliphatic carbocycles. The van der Waals surface area contributed by atoms with Gasteiger partial charge in [0.1, 0.15) is 6.17 Å². The van der Waals surface area contributed by atoms with Crippen molar-refractivity contribution in [2.75, 3.05) is 0 Å². The smallest absolute Gasteiger partial charge is 0.101 e. The first-order valence-electron chi connectivity index (χ1n) is 2.95. The molecule has 0 aliphatic rings. The van der Waals surface area contributed by atoms with E-state index >= 15 is 0 Å². The Morgan fingerprint density at radius 2 is 2.12 bits per heavy atom. The van der Waals surface area contributed by atoms with Gasteiger partial charge in [-0.15, -0.1) is 11.6 Å². The molecular formula is C6H12ClF. The zero-order valence-electron chi connectivity index (χ0n) is 5.32. The van der Waals surface area contributed by atoms with E-state index in [9.17, 15) is 4.39 Å². The van der Waals surface area contributed by atoms with Crippen molar-refractivity contribution in [1.29, 1.82) is 0 Å². The summed E-state index contributed by atoms with van der Waals surface area (Å²) in [6, 6.07) is 0. The number of rotatable bonds is 3. The van der Waals surface area contributed by atoms with Gasteiger partial charge in [0.2, 0.25) is 0 Å². The second-order valence-electron chi connectivity index (χ2n) is 2.02. The Labute approximate surface area is 55.0 Å². The van der Waals surface area contributed by atoms with Gasteiger partial charge in [0.15, 0.2) is 0 Å². The molecule has 0 saturated heterocycles. The van der Waals surface area contributed by atoms with Gasteiger partial charge in [-0.3, -0.25) is 0 Å². The Balaban J connectivity index is 3.10. The molecule has 0 nitrogen and oxygen atoms in total. The van der Waals surface area contributed by atoms with Gasteiger partial charge in [-0.05, 0) is 19.8 Å². The van der Waals surface area contributed by atoms with E-state index in [2.05, 4.69) is 0 Å². The summed E-state index contributed by atoms with van der Waals surface area (Å²) in [4.78, 5) is 0. The van der Waals surface area contributed by atoms with Crippen LogP contribution in [0, 0.1) is 0 Å². The lowest BCUT2D eigenvalue weighted by Crippen LogP contribution is -2.04. The first kappa shape index (κ1) is 8.22. The lowest BCUT2D eigenvalue weighted by molar-refractivity contribution is 0.305. The standard InChI is InChI=1S/C6H12ClF/c1-3-6(8)4-5(2)7/h5-6H,3-4H2,1-2H3. The average Bonchev–Trinajstić information content (AvgIpc) is 1.65. The van der Waals surface area contributed by atoms with Crippen molar-refractivity contribution < 1.29 is 4.39 Å². The van der Waals surface area contributed by atoms with Crippen LogP contribution in [0.3, 0.4) is 0 Å². The molecule has 0 aromatic heterocycles. The van der Waals surface area contributed by atoms with E-state index in [1.165, 1.54) is 0 Å². The van der Waals surface area contributed by atoms with E-state index in [0.717, 1.165) is 0 Å². The summed E-state index contributed by atoms with van der Waals surface area (Å²) < 4.78 is 12.3. The minimum absolute atomic E-state index is 0.0232. The molecular weight excluding hydrogens is 127 g/mol. The second kappa shape index (κ2) is 4.13. The highest BCUT2D eigenvalue weighted by molar-refractivity contribution is 6.20. The molecule has 0 amide bonds. The number of alkyl halides is 2. The zero-order chi connectivity index (χ0) is 6.57. The van der Waals surface area contributed by atoms with Gasteiger partial charge >= 0.3 is 0 Å². The van der Waals surface area contributed by atoms with Gasteiger partial charge in [0.05, 0.1) is 0 Å². The second-order valence-corrected chi connectivity index (χ2v) is 2.77. The fourth-order valence-corrected chi connectivity index (χ4v) is 0.712. The highest BCUT2D eigenvalue weighted by Gasteiger charge is 2.05. The van der Waals surface area contributed by atoms with Gasteiger partial charge < -0.3 is 0 Å². The van der Waals surface area contributed by atoms with Crippen molar-refractivity contribution in [2.24, 2.45) is 0 Å². The van der Waals surface area contributed by atoms with Crippen molar-refractivity contribution in [2.45, 2.75) is 38.2 Å². The van der Waals surface area contributed by atoms with Gasteiger partial charge in [-0.25, -0.2) is 4.39 Å². The molecule has 0 spiro atoms. The van der Waals surface area contributed by atoms with Gasteiger partial charge in [0.25, 0.3) is 0 Å². The van der Waals surface area contributed by atoms with Crippen LogP contribution in [0.5, 0.6) is 0 Å². The number of hydrogen-bond donors (Lipinski definition) is 0. The number of halogens is 2. The topological polar surface area (TPSA) is 0 Å². The van der Waals surface area contributed by atoms with Crippen LogP contribution in [0.2, 0.25) is 0 Å². The molecule has 0 N–H and O–H groups in total. The first-order valence-corrected chi connectivity index (χ1v) is 3.38. The summed E-state index contributed by atoms with van der Waals surface area (Å²) in [7, 11) is 0. The number of hydrogen-bond acceptors (Lipinski definition) is 0. The minimum Gasteiger partial charge on any atom is -0.247 e. The van der Waals surface area contributed by atoms with Crippen molar-refractivity contribution in [1.82, 2.24) is 0 Å². The van der Waals surface area contributed by atoms with E-state index in [1.807, 2.05) is 13.8 Å². The lowest BCUT2D eigenvalue weighted by Gasteiger charge is -2.04. The van der Waals surface area contributed by atoms with Crippen LogP contribution in [0.1, 0.15) is 26.7 Å². The fourth-order valence-electron chi connectivity index (χ4n) is 0.519. The summed E-state index contributed by atoms with van der Waals surface area (Å²) in [6.07, 6.45) is 0.359. The van der Waals surface area contributed by atoms with Crippen molar-refractivity contribution in [3.8, 4) is 0 Å². The molecule has 0 radical (unpaired) electrons. The Hall–Kier alpha value is 0.220. The SMILES string of the molecule is CCC(F)CC(C)Cl. The summed E-state index contributed by atoms with van der Waals surface area (Å²) in [5.74, 6) is 0. The fraction of sp³-hybridized carbons (Fsp3) is 1.00. The monoisotopic (exact) mass is 138 g/mol. The third kappa shape index (κ3) is 4.38. The summed E-state index contributed by atoms with van der Waals surface area (Å²) >= 11 is 5.51. The molecule has 0 heterocycles. The Kier molecular flexibility index (Phi) is 4.25. The molecule has 2 heteroatoms. The largest absolute Gasteiger partial charge is 0.247 e. The Bertz CT molecular complexity index is 54.5. The third-order valence-electron chi connectivity index (χ3n) is 1.02. The summed E-state index contributed by atoms with van der Waals surface area (Å²) in [6.45, 7) is 3.63. The molecule has 0 aliphatic heterocycles. The van der Waals surface area contributed by atoms with E-state index in [1.54, 1.807) is 0 Å². The molecule has 2 atom stereocenters. The van der Waals surface area contributed by atoms with Crippen LogP contribution in [-0.2, 0) is 0 Å². The molecule has 0 aromatic rings. The van der Waals surface area contributed by atoms with E-state index in [-0.39, 0.29) is 5.38 Å². The predicted molar refractivity (Wildman–Crippen MR) is 35.1 cm³/mol. The molecule has 0 bridgehead atoms. The maximum absolute atomic E-state index is 12.3. The third-order valence-corrected chi connectivity index (χ3v) is 1.20. The van der Waals surface area contributed by atoms with Crippen molar-refractivity contribution >= 4 is 11.6 Å². The lowest BCUT2D eigenvalue weighted by atomic mass is 10.2. The first-order chi connectivity index (χ1) is 3.66. The van der Waals surface area contributed by atoms with E-state index in [0.29, 0.717) is 12.8 Å². The molecule has 0 fully saturated rings. The molecule has 0 rings (SSSR count). The molecule has 0 aromatic carbocycles. The summed E-state index contributed by atoms with van der Waals surface area (Å²) in [5.41, 5.74) is 0. The van der Waals surface area contributed by atoms with Gasteiger partial charge in [-0.1, -0.05) is 6.92 Å². The van der Waals surface area contributed by atoms with Crippen LogP contribution < -0.4 is 0 Å². The minimum atomic E-state index is -0.706. The van der Waals surface area contributed by atoms with Crippen LogP contribution in [-0.4, -0.2) is 11.5 Å². The van der Waals surface area contributed by atoms with Gasteiger partial charge in [0, 0.05) is 5.38 Å². The Morgan fingerprint density at radius 1 is 1.62 bits per heavy atom. The van der Waals surface area contributed by atoms with Crippen LogP contribution >= 0.6 is 11.6 Å². The molecule has 50 valence electrons. The zero-order valence-corrected chi connectivity index (χ0v) is 6.08. The molecule has 2 unspecified atom stereocenters. The van der Waals surface area contributed by atoms with E-state index < -0.39 is 6.17 Å². The maximum Gasteiger partial charge on any atom is 0.101 e. The highest BCUT2D eigenvalue weighted by atomic mass is 35.5. The normalized spacial score (nSPS) is 18.0. The summed E-state index contributed by atoms with van der Waals surface area (Å²) in [5, 5.41) is -0.0232. The maximum atomic E-state index is 12.3. The molecule has 0 saturated carbocycles. The Morgan fingerprint density at radius 3 is 2.25 bits per heavy atom. The average molecular weight is 139 g/mol. The van der Waals surface area contributed by atoms with Crippen LogP contribution in [0.15, 0.2) is 0 Å². The quantitative estimate of drug-likeness (QED) is 0.526. The van der Waals surface area contributed by atoms with E-state index in [4.69, 9.17) is 11.6 Å². The van der Waals surface area contributed by atoms with Gasteiger partial charge in [-0.2, -0.15) is 0 Å². The van der Waals surface area contributed by atoms with Crippen molar-refractivity contribution in [3.63, 3.8) is 0 Å². The van der Waals surface area contributed by atoms with Crippen molar-refractivity contribution in [3.05, 3.63) is 0 Å². The molecule has 8 heavy (non-hydrogen) atoms. The van der Waals surface area contributed by atoms with Crippen LogP contribution in [0.4, 0.5) is 4.39 Å². The predicted octanol–water partition coefficient (Wildman–Crippen LogP) is 2.75. The van der Waals surface area contributed by atoms with Crippen LogP contribution in [0.25, 0.3) is 0 Å². The highest BCUT2D eigenvalue weighted by Crippen LogP contribution is 2.09.